The Bertz CT molecular complexity index is 418. The van der Waals surface area contributed by atoms with Crippen LogP contribution in [0, 0.1) is 0 Å². The molecule has 5 heteroatoms. The van der Waals surface area contributed by atoms with Crippen molar-refractivity contribution in [3.05, 3.63) is 16.9 Å². The molecule has 0 aliphatic heterocycles. The zero-order valence-electron chi connectivity index (χ0n) is 11.7. The first kappa shape index (κ1) is 15.2. The van der Waals surface area contributed by atoms with Crippen molar-refractivity contribution < 1.29 is 4.79 Å². The van der Waals surface area contributed by atoms with Crippen LogP contribution in [-0.2, 0) is 0 Å². The number of aromatic nitrogens is 2. The quantitative estimate of drug-likeness (QED) is 0.837. The number of nitrogens with one attached hydrogen (secondary N) is 1. The molecule has 18 heavy (non-hydrogen) atoms. The average molecular weight is 272 g/mol. The first-order valence-electron chi connectivity index (χ1n) is 6.23. The van der Waals surface area contributed by atoms with Crippen molar-refractivity contribution in [2.45, 2.75) is 52.6 Å². The van der Waals surface area contributed by atoms with Crippen LogP contribution < -0.4 is 5.32 Å². The highest BCUT2D eigenvalue weighted by Crippen LogP contribution is 2.20. The summed E-state index contributed by atoms with van der Waals surface area (Å²) in [6.45, 7) is 10.8. The van der Waals surface area contributed by atoms with E-state index in [-0.39, 0.29) is 17.4 Å². The minimum atomic E-state index is 0.0162. The highest BCUT2D eigenvalue weighted by Gasteiger charge is 2.19. The molecule has 0 aromatic carbocycles. The molecule has 0 saturated carbocycles. The summed E-state index contributed by atoms with van der Waals surface area (Å²) < 4.78 is 1.68. The fourth-order valence-electron chi connectivity index (χ4n) is 1.66. The van der Waals surface area contributed by atoms with E-state index in [4.69, 9.17) is 11.6 Å². The predicted molar refractivity (Wildman–Crippen MR) is 74.3 cm³/mol. The molecule has 1 rings (SSSR count). The molecular weight excluding hydrogens is 250 g/mol. The second kappa shape index (κ2) is 5.85. The minimum Gasteiger partial charge on any atom is -0.312 e. The third-order valence-corrected chi connectivity index (χ3v) is 2.79. The number of carbonyl (C=O) groups excluding carboxylic acids is 1. The Hall–Kier alpha value is -0.870. The lowest BCUT2D eigenvalue weighted by atomic mass is 10.1. The maximum Gasteiger partial charge on any atom is 0.183 e. The summed E-state index contributed by atoms with van der Waals surface area (Å²) in [6, 6.07) is 0.132. The van der Waals surface area contributed by atoms with Gasteiger partial charge in [0.05, 0.1) is 11.2 Å². The number of halogens is 1. The van der Waals surface area contributed by atoms with E-state index in [1.54, 1.807) is 4.68 Å². The van der Waals surface area contributed by atoms with E-state index in [2.05, 4.69) is 31.2 Å². The number of rotatable bonds is 5. The van der Waals surface area contributed by atoms with Gasteiger partial charge in [-0.15, -0.1) is 0 Å². The van der Waals surface area contributed by atoms with Crippen LogP contribution in [0.15, 0.2) is 6.20 Å². The van der Waals surface area contributed by atoms with E-state index in [1.807, 2.05) is 13.8 Å². The van der Waals surface area contributed by atoms with Crippen LogP contribution in [0.2, 0.25) is 5.02 Å². The van der Waals surface area contributed by atoms with Crippen molar-refractivity contribution in [3.8, 4) is 0 Å². The van der Waals surface area contributed by atoms with Gasteiger partial charge >= 0.3 is 0 Å². The van der Waals surface area contributed by atoms with Crippen LogP contribution in [0.1, 0.15) is 57.6 Å². The van der Waals surface area contributed by atoms with Crippen molar-refractivity contribution >= 4 is 17.4 Å². The van der Waals surface area contributed by atoms with Gasteiger partial charge in [-0.25, -0.2) is 0 Å². The van der Waals surface area contributed by atoms with Crippen LogP contribution in [-0.4, -0.2) is 27.6 Å². The molecule has 4 nitrogen and oxygen atoms in total. The number of hydrogen-bond donors (Lipinski definition) is 1. The van der Waals surface area contributed by atoms with E-state index < -0.39 is 0 Å². The van der Waals surface area contributed by atoms with Crippen LogP contribution >= 0.6 is 11.6 Å². The molecule has 0 amide bonds. The van der Waals surface area contributed by atoms with E-state index >= 15 is 0 Å². The largest absolute Gasteiger partial charge is 0.312 e. The van der Waals surface area contributed by atoms with Gasteiger partial charge in [-0.1, -0.05) is 11.6 Å². The van der Waals surface area contributed by atoms with E-state index in [0.717, 1.165) is 0 Å². The Balaban J connectivity index is 2.70. The Morgan fingerprint density at radius 1 is 1.50 bits per heavy atom. The zero-order valence-corrected chi connectivity index (χ0v) is 12.5. The van der Waals surface area contributed by atoms with Crippen molar-refractivity contribution in [1.82, 2.24) is 15.1 Å². The SMILES string of the molecule is CC(C)n1ncc(Cl)c1C(=O)CCNC(C)(C)C. The molecule has 1 N–H and O–H groups in total. The molecule has 0 unspecified atom stereocenters. The monoisotopic (exact) mass is 271 g/mol. The molecule has 0 spiro atoms. The van der Waals surface area contributed by atoms with Crippen molar-refractivity contribution in [1.29, 1.82) is 0 Å². The van der Waals surface area contributed by atoms with Gasteiger partial charge in [0, 0.05) is 24.5 Å². The summed E-state index contributed by atoms with van der Waals surface area (Å²) in [6.07, 6.45) is 1.96. The topological polar surface area (TPSA) is 46.9 Å². The fourth-order valence-corrected chi connectivity index (χ4v) is 1.90. The molecule has 1 aromatic heterocycles. The zero-order chi connectivity index (χ0) is 13.9. The van der Waals surface area contributed by atoms with Crippen LogP contribution in [0.25, 0.3) is 0 Å². The Morgan fingerprint density at radius 2 is 2.11 bits per heavy atom. The fraction of sp³-hybridized carbons (Fsp3) is 0.692. The summed E-state index contributed by atoms with van der Waals surface area (Å²) in [4.78, 5) is 12.2. The van der Waals surface area contributed by atoms with Crippen molar-refractivity contribution in [2.75, 3.05) is 6.54 Å². The maximum absolute atomic E-state index is 12.2. The first-order chi connectivity index (χ1) is 8.22. The molecule has 102 valence electrons. The minimum absolute atomic E-state index is 0.0162. The molecule has 0 bridgehead atoms. The lowest BCUT2D eigenvalue weighted by molar-refractivity contribution is 0.0968. The summed E-state index contributed by atoms with van der Waals surface area (Å²) in [5.41, 5.74) is 0.532. The molecule has 0 saturated heterocycles. The van der Waals surface area contributed by atoms with Crippen LogP contribution in [0.5, 0.6) is 0 Å². The standard InChI is InChI=1S/C13H22ClN3O/c1-9(2)17-12(10(14)8-16-17)11(18)6-7-15-13(3,4)5/h8-9,15H,6-7H2,1-5H3. The molecule has 0 aliphatic carbocycles. The Labute approximate surface area is 114 Å². The van der Waals surface area contributed by atoms with Gasteiger partial charge in [0.25, 0.3) is 0 Å². The van der Waals surface area contributed by atoms with Crippen LogP contribution in [0.3, 0.4) is 0 Å². The van der Waals surface area contributed by atoms with Gasteiger partial charge < -0.3 is 5.32 Å². The van der Waals surface area contributed by atoms with E-state index in [1.165, 1.54) is 6.20 Å². The molecule has 0 fully saturated rings. The number of hydrogen-bond acceptors (Lipinski definition) is 3. The Kier molecular flexibility index (Phi) is 4.93. The Morgan fingerprint density at radius 3 is 2.61 bits per heavy atom. The summed E-state index contributed by atoms with van der Waals surface area (Å²) in [5, 5.41) is 7.86. The lowest BCUT2D eigenvalue weighted by Crippen LogP contribution is -2.37. The number of Topliss-reactive ketones (excluding diaryl/α,β-unsaturated/α-hetero) is 1. The van der Waals surface area contributed by atoms with Gasteiger partial charge in [0.2, 0.25) is 0 Å². The van der Waals surface area contributed by atoms with Gasteiger partial charge in [-0.2, -0.15) is 5.10 Å². The highest BCUT2D eigenvalue weighted by molar-refractivity contribution is 6.33. The molecule has 0 atom stereocenters. The second-order valence-electron chi connectivity index (χ2n) is 5.73. The average Bonchev–Trinajstić information content (AvgIpc) is 2.58. The lowest BCUT2D eigenvalue weighted by Gasteiger charge is -2.20. The van der Waals surface area contributed by atoms with Gasteiger partial charge in [-0.3, -0.25) is 9.48 Å². The number of nitrogens with zero attached hydrogens (tertiary/aromatic N) is 2. The predicted octanol–water partition coefficient (Wildman–Crippen LogP) is 3.08. The van der Waals surface area contributed by atoms with Gasteiger partial charge in [-0.05, 0) is 34.6 Å². The third-order valence-electron chi connectivity index (χ3n) is 2.51. The molecular formula is C13H22ClN3O. The number of carbonyl (C=O) groups is 1. The van der Waals surface area contributed by atoms with E-state index in [0.29, 0.717) is 23.7 Å². The first-order valence-corrected chi connectivity index (χ1v) is 6.61. The molecule has 1 aromatic rings. The van der Waals surface area contributed by atoms with Crippen LogP contribution in [0.4, 0.5) is 0 Å². The van der Waals surface area contributed by atoms with Gasteiger partial charge in [0.1, 0.15) is 5.69 Å². The molecule has 1 heterocycles. The van der Waals surface area contributed by atoms with E-state index in [9.17, 15) is 4.79 Å². The number of ketones is 1. The van der Waals surface area contributed by atoms with Crippen molar-refractivity contribution in [2.24, 2.45) is 0 Å². The molecule has 0 radical (unpaired) electrons. The summed E-state index contributed by atoms with van der Waals surface area (Å²) >= 11 is 6.03. The highest BCUT2D eigenvalue weighted by atomic mass is 35.5. The van der Waals surface area contributed by atoms with Crippen molar-refractivity contribution in [3.63, 3.8) is 0 Å². The maximum atomic E-state index is 12.2. The summed E-state index contributed by atoms with van der Waals surface area (Å²) in [5.74, 6) is 0.0305. The summed E-state index contributed by atoms with van der Waals surface area (Å²) in [7, 11) is 0. The van der Waals surface area contributed by atoms with Gasteiger partial charge in [0.15, 0.2) is 5.78 Å². The molecule has 0 aliphatic rings. The third kappa shape index (κ3) is 4.10. The normalized spacial score (nSPS) is 12.2. The second-order valence-corrected chi connectivity index (χ2v) is 6.14. The smallest absolute Gasteiger partial charge is 0.183 e.